The van der Waals surface area contributed by atoms with E-state index in [0.717, 1.165) is 0 Å². The Kier molecular flexibility index (Phi) is 3.86. The van der Waals surface area contributed by atoms with Crippen molar-refractivity contribution in [2.75, 3.05) is 20.2 Å². The van der Waals surface area contributed by atoms with Crippen molar-refractivity contribution in [1.82, 2.24) is 5.32 Å². The molecule has 7 nitrogen and oxygen atoms in total. The largest absolute Gasteiger partial charge is 0.616 e. The van der Waals surface area contributed by atoms with E-state index in [-0.39, 0.29) is 18.3 Å². The van der Waals surface area contributed by atoms with Crippen LogP contribution in [0.5, 0.6) is 5.75 Å². The zero-order valence-corrected chi connectivity index (χ0v) is 10.5. The molecule has 2 aromatic rings. The molecule has 1 aromatic carbocycles. The van der Waals surface area contributed by atoms with Crippen LogP contribution < -0.4 is 20.5 Å². The second-order valence-corrected chi connectivity index (χ2v) is 3.93. The summed E-state index contributed by atoms with van der Waals surface area (Å²) in [6, 6.07) is 4.96. The van der Waals surface area contributed by atoms with Gasteiger partial charge in [-0.1, -0.05) is 0 Å². The summed E-state index contributed by atoms with van der Waals surface area (Å²) in [5, 5.41) is 14.5. The molecular weight excluding hydrogens is 250 g/mol. The minimum atomic E-state index is -0.268. The van der Waals surface area contributed by atoms with Crippen LogP contribution in [0.3, 0.4) is 0 Å². The fraction of sp³-hybridized carbons (Fsp3) is 0.333. The lowest BCUT2D eigenvalue weighted by Crippen LogP contribution is -2.35. The van der Waals surface area contributed by atoms with E-state index in [1.165, 1.54) is 0 Å². The van der Waals surface area contributed by atoms with Crippen LogP contribution in [0, 0.1) is 5.21 Å². The van der Waals surface area contributed by atoms with E-state index >= 15 is 0 Å². The maximum atomic E-state index is 11.9. The molecule has 102 valence electrons. The minimum absolute atomic E-state index is 0.0747. The number of hydrogen-bond donors (Lipinski definition) is 2. The van der Waals surface area contributed by atoms with Crippen LogP contribution in [0.15, 0.2) is 22.6 Å². The molecule has 0 saturated heterocycles. The number of fused-ring (bicyclic) bond motifs is 1. The van der Waals surface area contributed by atoms with Crippen molar-refractivity contribution >= 4 is 17.0 Å². The molecule has 1 aromatic heterocycles. The highest BCUT2D eigenvalue weighted by atomic mass is 16.5. The van der Waals surface area contributed by atoms with E-state index in [4.69, 9.17) is 14.9 Å². The molecule has 0 aliphatic carbocycles. The molecule has 1 amide bonds. The number of amides is 1. The fourth-order valence-corrected chi connectivity index (χ4v) is 1.71. The predicted octanol–water partition coefficient (Wildman–Crippen LogP) is -0.308. The van der Waals surface area contributed by atoms with Crippen molar-refractivity contribution in [3.8, 4) is 5.75 Å². The SMILES string of the molecule is COc1ccc2c(c1)oc(CCNC(=O)CN)[n+]2[O-]. The lowest BCUT2D eigenvalue weighted by Gasteiger charge is -2.00. The number of nitrogens with one attached hydrogen (secondary N) is 1. The second kappa shape index (κ2) is 5.57. The van der Waals surface area contributed by atoms with E-state index < -0.39 is 0 Å². The summed E-state index contributed by atoms with van der Waals surface area (Å²) < 4.78 is 11.2. The van der Waals surface area contributed by atoms with E-state index in [1.54, 1.807) is 25.3 Å². The van der Waals surface area contributed by atoms with Gasteiger partial charge in [-0.3, -0.25) is 4.79 Å². The van der Waals surface area contributed by atoms with Crippen LogP contribution in [-0.2, 0) is 11.2 Å². The Hall–Kier alpha value is -2.28. The molecule has 0 atom stereocenters. The van der Waals surface area contributed by atoms with Crippen LogP contribution in [0.2, 0.25) is 0 Å². The molecule has 0 bridgehead atoms. The number of aromatic nitrogens is 1. The molecule has 2 rings (SSSR count). The summed E-state index contributed by atoms with van der Waals surface area (Å²) in [7, 11) is 1.54. The fourth-order valence-electron chi connectivity index (χ4n) is 1.71. The van der Waals surface area contributed by atoms with Crippen molar-refractivity contribution in [3.05, 3.63) is 29.3 Å². The van der Waals surface area contributed by atoms with Crippen molar-refractivity contribution < 1.29 is 18.7 Å². The molecule has 0 fully saturated rings. The van der Waals surface area contributed by atoms with Crippen LogP contribution in [0.4, 0.5) is 0 Å². The first kappa shape index (κ1) is 13.2. The van der Waals surface area contributed by atoms with Crippen molar-refractivity contribution in [2.24, 2.45) is 5.73 Å². The van der Waals surface area contributed by atoms with Gasteiger partial charge < -0.3 is 25.4 Å². The van der Waals surface area contributed by atoms with Gasteiger partial charge in [0.1, 0.15) is 5.75 Å². The average Bonchev–Trinajstić information content (AvgIpc) is 2.74. The minimum Gasteiger partial charge on any atom is -0.616 e. The highest BCUT2D eigenvalue weighted by Gasteiger charge is 2.18. The molecule has 0 aliphatic rings. The van der Waals surface area contributed by atoms with Gasteiger partial charge in [-0.15, -0.1) is 4.73 Å². The number of oxazole rings is 1. The summed E-state index contributed by atoms with van der Waals surface area (Å²) in [5.41, 5.74) is 6.04. The first-order valence-electron chi connectivity index (χ1n) is 5.81. The van der Waals surface area contributed by atoms with Gasteiger partial charge in [0, 0.05) is 18.7 Å². The highest BCUT2D eigenvalue weighted by molar-refractivity contribution is 5.77. The molecule has 0 unspecified atom stereocenters. The summed E-state index contributed by atoms with van der Waals surface area (Å²) in [6.07, 6.45) is 0.298. The molecule has 1 heterocycles. The van der Waals surface area contributed by atoms with Gasteiger partial charge in [0.25, 0.3) is 5.52 Å². The number of hydrogen-bond acceptors (Lipinski definition) is 5. The Bertz CT molecular complexity index is 594. The topological polar surface area (TPSA) is 104 Å². The monoisotopic (exact) mass is 265 g/mol. The smallest absolute Gasteiger partial charge is 0.361 e. The third-order valence-electron chi connectivity index (χ3n) is 2.69. The Labute approximate surface area is 109 Å². The normalized spacial score (nSPS) is 10.6. The zero-order chi connectivity index (χ0) is 13.8. The molecule has 7 heteroatoms. The Morgan fingerprint density at radius 1 is 1.58 bits per heavy atom. The van der Waals surface area contributed by atoms with Gasteiger partial charge in [0.15, 0.2) is 0 Å². The maximum absolute atomic E-state index is 11.9. The van der Waals surface area contributed by atoms with Gasteiger partial charge >= 0.3 is 5.89 Å². The number of benzene rings is 1. The summed E-state index contributed by atoms with van der Waals surface area (Å²) >= 11 is 0. The molecule has 0 radical (unpaired) electrons. The van der Waals surface area contributed by atoms with Crippen LogP contribution in [-0.4, -0.2) is 26.1 Å². The number of rotatable bonds is 5. The first-order valence-corrected chi connectivity index (χ1v) is 5.81. The van der Waals surface area contributed by atoms with Crippen LogP contribution in [0.25, 0.3) is 11.1 Å². The Balaban J connectivity index is 2.15. The molecule has 19 heavy (non-hydrogen) atoms. The Morgan fingerprint density at radius 2 is 2.37 bits per heavy atom. The van der Waals surface area contributed by atoms with Gasteiger partial charge in [0.05, 0.1) is 20.1 Å². The van der Waals surface area contributed by atoms with Crippen molar-refractivity contribution in [1.29, 1.82) is 0 Å². The lowest BCUT2D eigenvalue weighted by atomic mass is 10.3. The Morgan fingerprint density at radius 3 is 3.05 bits per heavy atom. The van der Waals surface area contributed by atoms with Crippen LogP contribution in [0.1, 0.15) is 5.89 Å². The maximum Gasteiger partial charge on any atom is 0.361 e. The van der Waals surface area contributed by atoms with Crippen molar-refractivity contribution in [3.63, 3.8) is 0 Å². The van der Waals surface area contributed by atoms with Gasteiger partial charge in [-0.2, -0.15) is 0 Å². The van der Waals surface area contributed by atoms with Gasteiger partial charge in [0.2, 0.25) is 11.5 Å². The summed E-state index contributed by atoms with van der Waals surface area (Å²) in [5.74, 6) is 0.584. The number of nitrogens with two attached hydrogens (primary N) is 1. The lowest BCUT2D eigenvalue weighted by molar-refractivity contribution is -0.592. The standard InChI is InChI=1S/C12H15N3O4/c1-18-8-2-3-9-10(6-8)19-12(15(9)17)4-5-14-11(16)7-13/h2-3,6H,4-5,7,13H2,1H3,(H,14,16). The third kappa shape index (κ3) is 2.76. The number of nitrogens with zero attached hydrogens (tertiary/aromatic N) is 1. The average molecular weight is 265 g/mol. The van der Waals surface area contributed by atoms with E-state index in [0.29, 0.717) is 34.5 Å². The molecule has 3 N–H and O–H groups in total. The van der Waals surface area contributed by atoms with E-state index in [1.807, 2.05) is 0 Å². The number of methoxy groups -OCH3 is 1. The number of carbonyl (C=O) groups is 1. The van der Waals surface area contributed by atoms with E-state index in [2.05, 4.69) is 5.32 Å². The van der Waals surface area contributed by atoms with Crippen molar-refractivity contribution in [2.45, 2.75) is 6.42 Å². The molecule has 0 spiro atoms. The third-order valence-corrected chi connectivity index (χ3v) is 2.69. The van der Waals surface area contributed by atoms with Crippen LogP contribution >= 0.6 is 0 Å². The summed E-state index contributed by atoms with van der Waals surface area (Å²) in [6.45, 7) is 0.226. The van der Waals surface area contributed by atoms with E-state index in [9.17, 15) is 10.0 Å². The molecule has 0 aliphatic heterocycles. The number of carbonyl (C=O) groups excluding carboxylic acids is 1. The number of ether oxygens (including phenoxy) is 1. The van der Waals surface area contributed by atoms with Gasteiger partial charge in [-0.05, 0) is 6.07 Å². The zero-order valence-electron chi connectivity index (χ0n) is 10.5. The highest BCUT2D eigenvalue weighted by Crippen LogP contribution is 2.20. The molecular formula is C12H15N3O4. The molecule has 0 saturated carbocycles. The predicted molar refractivity (Wildman–Crippen MR) is 67.5 cm³/mol. The van der Waals surface area contributed by atoms with Gasteiger partial charge in [-0.25, -0.2) is 0 Å². The second-order valence-electron chi connectivity index (χ2n) is 3.93. The quantitative estimate of drug-likeness (QED) is 0.570. The summed E-state index contributed by atoms with van der Waals surface area (Å²) in [4.78, 5) is 11.0. The first-order chi connectivity index (χ1) is 9.15.